The summed E-state index contributed by atoms with van der Waals surface area (Å²) in [7, 11) is 0. The lowest BCUT2D eigenvalue weighted by Crippen LogP contribution is -2.47. The number of carbonyl (C=O) groups is 3. The van der Waals surface area contributed by atoms with Gasteiger partial charge in [0, 0.05) is 11.6 Å². The summed E-state index contributed by atoms with van der Waals surface area (Å²) in [6.45, 7) is 3.79. The third kappa shape index (κ3) is 3.98. The van der Waals surface area contributed by atoms with Crippen LogP contribution in [0, 0.1) is 5.92 Å². The van der Waals surface area contributed by atoms with Gasteiger partial charge in [-0.2, -0.15) is 0 Å². The van der Waals surface area contributed by atoms with E-state index in [-0.39, 0.29) is 30.3 Å². The zero-order chi connectivity index (χ0) is 20.6. The number of halogens is 1. The van der Waals surface area contributed by atoms with Gasteiger partial charge in [0.05, 0.1) is 6.04 Å². The van der Waals surface area contributed by atoms with Crippen LogP contribution in [-0.4, -0.2) is 59.4 Å². The van der Waals surface area contributed by atoms with Gasteiger partial charge in [-0.25, -0.2) is 4.79 Å². The van der Waals surface area contributed by atoms with E-state index >= 15 is 0 Å². The summed E-state index contributed by atoms with van der Waals surface area (Å²) in [5.74, 6) is -0.473. The van der Waals surface area contributed by atoms with Crippen LogP contribution >= 0.6 is 11.6 Å². The van der Waals surface area contributed by atoms with Gasteiger partial charge in [0.15, 0.2) is 0 Å². The number of hydrogen-bond acceptors (Lipinski definition) is 4. The van der Waals surface area contributed by atoms with Crippen molar-refractivity contribution in [3.63, 3.8) is 0 Å². The molecule has 29 heavy (non-hydrogen) atoms. The summed E-state index contributed by atoms with van der Waals surface area (Å²) < 4.78 is 0. The standard InChI is InChI=1S/C21H27ClN4O3/c1-21(14-8-9-14)19(28)26(20(29)24-21)13-18(27)23-12-17(25-10-4-5-11-25)15-6-2-3-7-16(15)22/h2-3,6-7,14,17H,4-5,8-13H2,1H3,(H,23,27)(H,24,29)/t17-,21+/m0/s1. The Bertz CT molecular complexity index is 822. The van der Waals surface area contributed by atoms with E-state index in [0.29, 0.717) is 11.6 Å². The molecule has 156 valence electrons. The number of amides is 4. The van der Waals surface area contributed by atoms with Crippen LogP contribution in [-0.2, 0) is 9.59 Å². The van der Waals surface area contributed by atoms with Crippen LogP contribution in [0.5, 0.6) is 0 Å². The first kappa shape index (κ1) is 20.2. The maximum Gasteiger partial charge on any atom is 0.325 e. The molecule has 1 saturated carbocycles. The van der Waals surface area contributed by atoms with Crippen molar-refractivity contribution in [1.29, 1.82) is 0 Å². The minimum Gasteiger partial charge on any atom is -0.353 e. The fourth-order valence-corrected chi connectivity index (χ4v) is 4.70. The summed E-state index contributed by atoms with van der Waals surface area (Å²) >= 11 is 6.41. The van der Waals surface area contributed by atoms with Crippen LogP contribution in [0.4, 0.5) is 4.79 Å². The topological polar surface area (TPSA) is 81.8 Å². The van der Waals surface area contributed by atoms with Crippen molar-refractivity contribution in [1.82, 2.24) is 20.4 Å². The number of hydrogen-bond donors (Lipinski definition) is 2. The van der Waals surface area contributed by atoms with Gasteiger partial charge in [-0.05, 0) is 63.2 Å². The van der Waals surface area contributed by atoms with Gasteiger partial charge in [0.25, 0.3) is 5.91 Å². The number of likely N-dealkylation sites (tertiary alicyclic amines) is 1. The van der Waals surface area contributed by atoms with E-state index in [2.05, 4.69) is 15.5 Å². The molecule has 0 spiro atoms. The Labute approximate surface area is 175 Å². The molecular formula is C21H27ClN4O3. The second kappa shape index (κ2) is 7.95. The summed E-state index contributed by atoms with van der Waals surface area (Å²) in [6.07, 6.45) is 4.10. The zero-order valence-electron chi connectivity index (χ0n) is 16.6. The molecule has 1 aliphatic carbocycles. The number of imide groups is 1. The monoisotopic (exact) mass is 418 g/mol. The predicted octanol–water partition coefficient (Wildman–Crippen LogP) is 2.31. The Balaban J connectivity index is 1.40. The fourth-order valence-electron chi connectivity index (χ4n) is 4.44. The fraction of sp³-hybridized carbons (Fsp3) is 0.571. The number of carbonyl (C=O) groups excluding carboxylic acids is 3. The Hall–Kier alpha value is -2.12. The molecule has 2 atom stereocenters. The highest BCUT2D eigenvalue weighted by atomic mass is 35.5. The van der Waals surface area contributed by atoms with Crippen molar-refractivity contribution in [2.75, 3.05) is 26.2 Å². The lowest BCUT2D eigenvalue weighted by molar-refractivity contribution is -0.135. The average molecular weight is 419 g/mol. The van der Waals surface area contributed by atoms with E-state index in [1.807, 2.05) is 24.3 Å². The first-order valence-electron chi connectivity index (χ1n) is 10.3. The number of urea groups is 1. The van der Waals surface area contributed by atoms with E-state index in [0.717, 1.165) is 49.2 Å². The van der Waals surface area contributed by atoms with Crippen molar-refractivity contribution in [3.05, 3.63) is 34.9 Å². The molecule has 1 aromatic carbocycles. The van der Waals surface area contributed by atoms with Gasteiger partial charge in [-0.1, -0.05) is 29.8 Å². The lowest BCUT2D eigenvalue weighted by atomic mass is 9.96. The third-order valence-corrected chi connectivity index (χ3v) is 6.68. The van der Waals surface area contributed by atoms with Gasteiger partial charge in [0.2, 0.25) is 5.91 Å². The summed E-state index contributed by atoms with van der Waals surface area (Å²) in [5.41, 5.74) is 0.111. The average Bonchev–Trinajstić information content (AvgIpc) is 3.38. The van der Waals surface area contributed by atoms with E-state index < -0.39 is 11.6 Å². The van der Waals surface area contributed by atoms with Crippen LogP contribution in [0.25, 0.3) is 0 Å². The number of nitrogens with zero attached hydrogens (tertiary/aromatic N) is 2. The molecule has 2 heterocycles. The molecule has 0 aromatic heterocycles. The first-order chi connectivity index (χ1) is 13.9. The molecule has 8 heteroatoms. The highest BCUT2D eigenvalue weighted by molar-refractivity contribution is 6.31. The molecule has 0 radical (unpaired) electrons. The maximum atomic E-state index is 12.7. The first-order valence-corrected chi connectivity index (χ1v) is 10.7. The minimum absolute atomic E-state index is 0.0324. The van der Waals surface area contributed by atoms with Crippen molar-refractivity contribution in [2.45, 2.75) is 44.2 Å². The predicted molar refractivity (Wildman–Crippen MR) is 109 cm³/mol. The maximum absolute atomic E-state index is 12.7. The van der Waals surface area contributed by atoms with Gasteiger partial charge < -0.3 is 10.6 Å². The summed E-state index contributed by atoms with van der Waals surface area (Å²) in [5, 5.41) is 6.36. The SMILES string of the molecule is C[C@]1(C2CC2)NC(=O)N(CC(=O)NC[C@@H](c2ccccc2Cl)N2CCCC2)C1=O. The molecule has 4 rings (SSSR count). The van der Waals surface area contributed by atoms with Crippen molar-refractivity contribution in [2.24, 2.45) is 5.92 Å². The Morgan fingerprint density at radius 3 is 2.62 bits per heavy atom. The molecule has 2 aliphatic heterocycles. The Kier molecular flexibility index (Phi) is 5.53. The zero-order valence-corrected chi connectivity index (χ0v) is 17.4. The van der Waals surface area contributed by atoms with E-state index in [4.69, 9.17) is 11.6 Å². The summed E-state index contributed by atoms with van der Waals surface area (Å²) in [6, 6.07) is 7.15. The number of nitrogens with one attached hydrogen (secondary N) is 2. The highest BCUT2D eigenvalue weighted by Crippen LogP contribution is 2.42. The number of benzene rings is 1. The smallest absolute Gasteiger partial charge is 0.325 e. The van der Waals surface area contributed by atoms with E-state index in [1.165, 1.54) is 0 Å². The Morgan fingerprint density at radius 2 is 1.97 bits per heavy atom. The van der Waals surface area contributed by atoms with Crippen LogP contribution in [0.15, 0.2) is 24.3 Å². The van der Waals surface area contributed by atoms with E-state index in [9.17, 15) is 14.4 Å². The quantitative estimate of drug-likeness (QED) is 0.666. The van der Waals surface area contributed by atoms with Crippen LogP contribution in [0.1, 0.15) is 44.2 Å². The lowest BCUT2D eigenvalue weighted by Gasteiger charge is -2.29. The minimum atomic E-state index is -0.868. The van der Waals surface area contributed by atoms with Crippen molar-refractivity contribution in [3.8, 4) is 0 Å². The van der Waals surface area contributed by atoms with Crippen LogP contribution in [0.2, 0.25) is 5.02 Å². The van der Waals surface area contributed by atoms with Crippen LogP contribution < -0.4 is 10.6 Å². The molecule has 3 aliphatic rings. The summed E-state index contributed by atoms with van der Waals surface area (Å²) in [4.78, 5) is 40.9. The Morgan fingerprint density at radius 1 is 1.28 bits per heavy atom. The molecule has 3 fully saturated rings. The van der Waals surface area contributed by atoms with Gasteiger partial charge >= 0.3 is 6.03 Å². The van der Waals surface area contributed by atoms with Crippen LogP contribution in [0.3, 0.4) is 0 Å². The molecule has 1 aromatic rings. The molecule has 4 amide bonds. The van der Waals surface area contributed by atoms with Gasteiger partial charge in [-0.3, -0.25) is 19.4 Å². The second-order valence-corrected chi connectivity index (χ2v) is 8.79. The number of rotatable bonds is 7. The van der Waals surface area contributed by atoms with Gasteiger partial charge in [-0.15, -0.1) is 0 Å². The molecular weight excluding hydrogens is 392 g/mol. The molecule has 0 unspecified atom stereocenters. The molecule has 0 bridgehead atoms. The second-order valence-electron chi connectivity index (χ2n) is 8.38. The van der Waals surface area contributed by atoms with E-state index in [1.54, 1.807) is 6.92 Å². The third-order valence-electron chi connectivity index (χ3n) is 6.33. The van der Waals surface area contributed by atoms with Crippen molar-refractivity contribution >= 4 is 29.4 Å². The molecule has 2 saturated heterocycles. The molecule has 2 N–H and O–H groups in total. The van der Waals surface area contributed by atoms with Crippen molar-refractivity contribution < 1.29 is 14.4 Å². The largest absolute Gasteiger partial charge is 0.353 e. The molecule has 7 nitrogen and oxygen atoms in total. The van der Waals surface area contributed by atoms with Gasteiger partial charge in [0.1, 0.15) is 12.1 Å². The normalized spacial score (nSPS) is 25.9. The highest BCUT2D eigenvalue weighted by Gasteiger charge is 2.56.